The molecule has 0 aromatic rings. The minimum absolute atomic E-state index is 0.184. The third-order valence-corrected chi connectivity index (χ3v) is 2.70. The average molecular weight is 229 g/mol. The number of hydrogen-bond donors (Lipinski definition) is 0. The van der Waals surface area contributed by atoms with Gasteiger partial charge in [-0.3, -0.25) is 4.79 Å². The van der Waals surface area contributed by atoms with E-state index in [1.54, 1.807) is 0 Å². The summed E-state index contributed by atoms with van der Waals surface area (Å²) in [6, 6.07) is 0. The maximum atomic E-state index is 11.6. The van der Waals surface area contributed by atoms with Crippen molar-refractivity contribution < 1.29 is 19.1 Å². The number of nitrogens with zero attached hydrogens (tertiary/aromatic N) is 1. The van der Waals surface area contributed by atoms with Crippen LogP contribution >= 0.6 is 0 Å². The van der Waals surface area contributed by atoms with Crippen molar-refractivity contribution in [1.29, 1.82) is 0 Å². The minimum Gasteiger partial charge on any atom is -0.465 e. The summed E-state index contributed by atoms with van der Waals surface area (Å²) in [7, 11) is 1.34. The maximum Gasteiger partial charge on any atom is 0.409 e. The van der Waals surface area contributed by atoms with Gasteiger partial charge in [0.25, 0.3) is 0 Å². The van der Waals surface area contributed by atoms with Crippen LogP contribution in [0.2, 0.25) is 0 Å². The van der Waals surface area contributed by atoms with Gasteiger partial charge in [-0.15, -0.1) is 0 Å². The molecule has 5 nitrogen and oxygen atoms in total. The Morgan fingerprint density at radius 3 is 2.81 bits per heavy atom. The first kappa shape index (κ1) is 12.8. The molecule has 0 aromatic heterocycles. The molecule has 1 aliphatic rings. The molecular weight excluding hydrogens is 210 g/mol. The molecule has 0 saturated carbocycles. The molecule has 1 fully saturated rings. The topological polar surface area (TPSA) is 55.8 Å². The summed E-state index contributed by atoms with van der Waals surface area (Å²) in [5.74, 6) is -0.379. The normalized spacial score (nSPS) is 19.6. The van der Waals surface area contributed by atoms with E-state index < -0.39 is 0 Å². The molecule has 1 amide bonds. The van der Waals surface area contributed by atoms with E-state index in [0.717, 1.165) is 12.8 Å². The zero-order chi connectivity index (χ0) is 12.0. The van der Waals surface area contributed by atoms with Crippen LogP contribution in [-0.2, 0) is 14.3 Å². The summed E-state index contributed by atoms with van der Waals surface area (Å²) in [6.07, 6.45) is 2.19. The van der Waals surface area contributed by atoms with Gasteiger partial charge >= 0.3 is 12.1 Å². The Balaban J connectivity index is 2.29. The predicted octanol–water partition coefficient (Wildman–Crippen LogP) is 1.42. The molecule has 92 valence electrons. The molecule has 5 heteroatoms. The number of likely N-dealkylation sites (tertiary alicyclic amines) is 1. The van der Waals surface area contributed by atoms with Crippen LogP contribution in [0.1, 0.15) is 26.2 Å². The van der Waals surface area contributed by atoms with Gasteiger partial charge in [0.2, 0.25) is 0 Å². The van der Waals surface area contributed by atoms with Crippen molar-refractivity contribution in [3.8, 4) is 0 Å². The van der Waals surface area contributed by atoms with E-state index >= 15 is 0 Å². The van der Waals surface area contributed by atoms with Gasteiger partial charge in [-0.05, 0) is 12.8 Å². The van der Waals surface area contributed by atoms with Crippen LogP contribution in [0, 0.1) is 5.92 Å². The molecule has 1 unspecified atom stereocenters. The lowest BCUT2D eigenvalue weighted by Crippen LogP contribution is -2.30. The molecule has 0 bridgehead atoms. The maximum absolute atomic E-state index is 11.6. The van der Waals surface area contributed by atoms with Crippen LogP contribution in [0.15, 0.2) is 0 Å². The highest BCUT2D eigenvalue weighted by Gasteiger charge is 2.32. The Morgan fingerprint density at radius 2 is 2.19 bits per heavy atom. The van der Waals surface area contributed by atoms with E-state index in [1.165, 1.54) is 12.0 Å². The first-order chi connectivity index (χ1) is 7.69. The van der Waals surface area contributed by atoms with Crippen molar-refractivity contribution >= 4 is 12.1 Å². The smallest absolute Gasteiger partial charge is 0.409 e. The molecule has 16 heavy (non-hydrogen) atoms. The van der Waals surface area contributed by atoms with Crippen molar-refractivity contribution in [2.45, 2.75) is 26.2 Å². The first-order valence-electron chi connectivity index (χ1n) is 5.68. The summed E-state index contributed by atoms with van der Waals surface area (Å²) in [5, 5.41) is 0. The molecule has 0 aromatic carbocycles. The molecule has 1 heterocycles. The second kappa shape index (κ2) is 6.35. The highest BCUT2D eigenvalue weighted by Crippen LogP contribution is 2.18. The molecule has 0 radical (unpaired) electrons. The van der Waals surface area contributed by atoms with E-state index in [-0.39, 0.29) is 18.0 Å². The van der Waals surface area contributed by atoms with E-state index in [9.17, 15) is 9.59 Å². The van der Waals surface area contributed by atoms with Gasteiger partial charge in [0, 0.05) is 13.1 Å². The zero-order valence-electron chi connectivity index (χ0n) is 9.90. The number of amides is 1. The highest BCUT2D eigenvalue weighted by atomic mass is 16.5. The summed E-state index contributed by atoms with van der Waals surface area (Å²) in [6.45, 7) is 3.50. The van der Waals surface area contributed by atoms with Crippen LogP contribution in [0.25, 0.3) is 0 Å². The number of hydrogen-bond acceptors (Lipinski definition) is 4. The van der Waals surface area contributed by atoms with E-state index in [2.05, 4.69) is 4.74 Å². The first-order valence-corrected chi connectivity index (χ1v) is 5.68. The van der Waals surface area contributed by atoms with Crippen LogP contribution < -0.4 is 0 Å². The second-order valence-electron chi connectivity index (χ2n) is 3.92. The van der Waals surface area contributed by atoms with Gasteiger partial charge in [-0.25, -0.2) is 4.79 Å². The quantitative estimate of drug-likeness (QED) is 0.540. The van der Waals surface area contributed by atoms with Crippen LogP contribution in [0.5, 0.6) is 0 Å². The molecular formula is C11H19NO4. The van der Waals surface area contributed by atoms with Crippen molar-refractivity contribution in [1.82, 2.24) is 4.90 Å². The van der Waals surface area contributed by atoms with Crippen molar-refractivity contribution in [2.75, 3.05) is 26.8 Å². The number of carbonyl (C=O) groups excluding carboxylic acids is 2. The van der Waals surface area contributed by atoms with E-state index in [0.29, 0.717) is 26.1 Å². The third-order valence-electron chi connectivity index (χ3n) is 2.70. The fourth-order valence-corrected chi connectivity index (χ4v) is 1.68. The number of methoxy groups -OCH3 is 1. The van der Waals surface area contributed by atoms with Gasteiger partial charge in [0.05, 0.1) is 19.6 Å². The standard InChI is InChI=1S/C11H19NO4/c1-3-4-7-16-10(13)9-5-6-12(8-9)11(14)15-2/h9H,3-8H2,1-2H3. The molecule has 0 spiro atoms. The molecule has 1 saturated heterocycles. The Hall–Kier alpha value is -1.26. The Bertz CT molecular complexity index is 254. The Kier molecular flexibility index (Phi) is 5.08. The lowest BCUT2D eigenvalue weighted by atomic mass is 10.1. The monoisotopic (exact) mass is 229 g/mol. The Morgan fingerprint density at radius 1 is 1.44 bits per heavy atom. The number of carbonyl (C=O) groups is 2. The fraction of sp³-hybridized carbons (Fsp3) is 0.818. The lowest BCUT2D eigenvalue weighted by Gasteiger charge is -2.14. The SMILES string of the molecule is CCCCOC(=O)C1CCN(C(=O)OC)C1. The van der Waals surface area contributed by atoms with Gasteiger partial charge in [-0.2, -0.15) is 0 Å². The van der Waals surface area contributed by atoms with E-state index in [4.69, 9.17) is 4.74 Å². The van der Waals surface area contributed by atoms with Gasteiger partial charge < -0.3 is 14.4 Å². The number of rotatable bonds is 4. The van der Waals surface area contributed by atoms with Gasteiger partial charge in [0.15, 0.2) is 0 Å². The molecule has 1 rings (SSSR count). The van der Waals surface area contributed by atoms with Gasteiger partial charge in [0.1, 0.15) is 0 Å². The second-order valence-corrected chi connectivity index (χ2v) is 3.92. The largest absolute Gasteiger partial charge is 0.465 e. The van der Waals surface area contributed by atoms with Crippen LogP contribution in [0.3, 0.4) is 0 Å². The molecule has 0 aliphatic carbocycles. The Labute approximate surface area is 95.7 Å². The molecule has 0 N–H and O–H groups in total. The fourth-order valence-electron chi connectivity index (χ4n) is 1.68. The third kappa shape index (κ3) is 3.40. The summed E-state index contributed by atoms with van der Waals surface area (Å²) in [4.78, 5) is 24.3. The average Bonchev–Trinajstić information content (AvgIpc) is 2.77. The van der Waals surface area contributed by atoms with Crippen molar-refractivity contribution in [2.24, 2.45) is 5.92 Å². The van der Waals surface area contributed by atoms with Crippen molar-refractivity contribution in [3.05, 3.63) is 0 Å². The number of unbranched alkanes of at least 4 members (excludes halogenated alkanes) is 1. The summed E-state index contributed by atoms with van der Waals surface area (Å²) < 4.78 is 9.71. The summed E-state index contributed by atoms with van der Waals surface area (Å²) >= 11 is 0. The van der Waals surface area contributed by atoms with E-state index in [1.807, 2.05) is 6.92 Å². The summed E-state index contributed by atoms with van der Waals surface area (Å²) in [5.41, 5.74) is 0. The van der Waals surface area contributed by atoms with Crippen LogP contribution in [-0.4, -0.2) is 43.8 Å². The van der Waals surface area contributed by atoms with Crippen LogP contribution in [0.4, 0.5) is 4.79 Å². The number of ether oxygens (including phenoxy) is 2. The minimum atomic E-state index is -0.371. The number of esters is 1. The predicted molar refractivity (Wildman–Crippen MR) is 58.0 cm³/mol. The lowest BCUT2D eigenvalue weighted by molar-refractivity contribution is -0.148. The van der Waals surface area contributed by atoms with Gasteiger partial charge in [-0.1, -0.05) is 13.3 Å². The molecule has 1 atom stereocenters. The van der Waals surface area contributed by atoms with Crippen molar-refractivity contribution in [3.63, 3.8) is 0 Å². The zero-order valence-corrected chi connectivity index (χ0v) is 9.90. The highest BCUT2D eigenvalue weighted by molar-refractivity contribution is 5.75. The molecule has 1 aliphatic heterocycles.